The van der Waals surface area contributed by atoms with Crippen molar-refractivity contribution >= 4 is 16.5 Å². The number of hydrogen-bond acceptors (Lipinski definition) is 6. The highest BCUT2D eigenvalue weighted by Gasteiger charge is 2.40. The number of rotatable bonds is 6. The van der Waals surface area contributed by atoms with E-state index >= 15 is 0 Å². The zero-order valence-corrected chi connectivity index (χ0v) is 8.61. The zero-order valence-electron chi connectivity index (χ0n) is 7.79. The molecule has 0 amide bonds. The van der Waals surface area contributed by atoms with Gasteiger partial charge in [0.25, 0.3) is 0 Å². The second-order valence-corrected chi connectivity index (χ2v) is 3.76. The Bertz CT molecular complexity index is 334. The Kier molecular flexibility index (Phi) is 4.38. The van der Waals surface area contributed by atoms with Gasteiger partial charge in [-0.3, -0.25) is 5.43 Å². The molecular formula is C6H8F4N4OS. The molecule has 0 aliphatic rings. The molecule has 1 rings (SSSR count). The van der Waals surface area contributed by atoms with E-state index in [0.717, 1.165) is 11.3 Å². The summed E-state index contributed by atoms with van der Waals surface area (Å²) in [7, 11) is 0. The third-order valence-electron chi connectivity index (χ3n) is 1.43. The molecule has 1 heterocycles. The van der Waals surface area contributed by atoms with Crippen molar-refractivity contribution in [1.82, 2.24) is 10.2 Å². The number of hydrogen-bond donors (Lipinski definition) is 2. The molecule has 0 radical (unpaired) electrons. The molecule has 0 aliphatic carbocycles. The van der Waals surface area contributed by atoms with Crippen molar-refractivity contribution in [3.05, 3.63) is 5.01 Å². The molecule has 3 N–H and O–H groups in total. The van der Waals surface area contributed by atoms with Crippen LogP contribution in [-0.2, 0) is 11.3 Å². The Morgan fingerprint density at radius 2 is 2.12 bits per heavy atom. The van der Waals surface area contributed by atoms with Gasteiger partial charge in [-0.2, -0.15) is 8.78 Å². The van der Waals surface area contributed by atoms with Crippen LogP contribution >= 0.6 is 11.3 Å². The van der Waals surface area contributed by atoms with Crippen LogP contribution in [0.4, 0.5) is 22.7 Å². The van der Waals surface area contributed by atoms with Crippen LogP contribution in [0.25, 0.3) is 0 Å². The van der Waals surface area contributed by atoms with E-state index in [4.69, 9.17) is 5.84 Å². The van der Waals surface area contributed by atoms with E-state index in [0.29, 0.717) is 0 Å². The third-order valence-corrected chi connectivity index (χ3v) is 2.26. The van der Waals surface area contributed by atoms with Crippen LogP contribution in [0, 0.1) is 0 Å². The van der Waals surface area contributed by atoms with Crippen molar-refractivity contribution in [3.8, 4) is 0 Å². The van der Waals surface area contributed by atoms with Crippen LogP contribution in [0.1, 0.15) is 5.01 Å². The quantitative estimate of drug-likeness (QED) is 0.457. The number of halogens is 4. The molecule has 1 aromatic heterocycles. The van der Waals surface area contributed by atoms with E-state index in [-0.39, 0.29) is 16.7 Å². The fourth-order valence-electron chi connectivity index (χ4n) is 0.708. The highest BCUT2D eigenvalue weighted by Crippen LogP contribution is 2.23. The Labute approximate surface area is 91.6 Å². The second-order valence-electron chi connectivity index (χ2n) is 2.70. The largest absolute Gasteiger partial charge is 0.368 e. The minimum atomic E-state index is -4.15. The predicted molar refractivity (Wildman–Crippen MR) is 48.3 cm³/mol. The average molecular weight is 260 g/mol. The molecular weight excluding hydrogens is 252 g/mol. The smallest absolute Gasteiger partial charge is 0.330 e. The van der Waals surface area contributed by atoms with Gasteiger partial charge in [0.2, 0.25) is 5.13 Å². The summed E-state index contributed by atoms with van der Waals surface area (Å²) >= 11 is 0.976. The van der Waals surface area contributed by atoms with Crippen LogP contribution < -0.4 is 11.3 Å². The maximum atomic E-state index is 12.4. The van der Waals surface area contributed by atoms with E-state index in [1.807, 2.05) is 0 Å². The summed E-state index contributed by atoms with van der Waals surface area (Å²) < 4.78 is 52.6. The maximum absolute atomic E-state index is 12.4. The van der Waals surface area contributed by atoms with Crippen LogP contribution in [0.2, 0.25) is 0 Å². The summed E-state index contributed by atoms with van der Waals surface area (Å²) in [5, 5.41) is 7.56. The highest BCUT2D eigenvalue weighted by molar-refractivity contribution is 7.15. The number of ether oxygens (including phenoxy) is 1. The van der Waals surface area contributed by atoms with Gasteiger partial charge in [0, 0.05) is 0 Å². The summed E-state index contributed by atoms with van der Waals surface area (Å²) in [5.41, 5.74) is 2.19. The molecule has 10 heteroatoms. The molecule has 0 bridgehead atoms. The van der Waals surface area contributed by atoms with Gasteiger partial charge in [0.1, 0.15) is 18.2 Å². The fourth-order valence-corrected chi connectivity index (χ4v) is 1.30. The number of hydrazine groups is 1. The average Bonchev–Trinajstić information content (AvgIpc) is 2.65. The van der Waals surface area contributed by atoms with E-state index in [9.17, 15) is 17.6 Å². The van der Waals surface area contributed by atoms with Crippen LogP contribution in [0.15, 0.2) is 0 Å². The lowest BCUT2D eigenvalue weighted by Gasteiger charge is -2.14. The number of nitrogens with one attached hydrogen (secondary N) is 1. The lowest BCUT2D eigenvalue weighted by Crippen LogP contribution is -2.32. The van der Waals surface area contributed by atoms with Gasteiger partial charge in [-0.15, -0.1) is 10.2 Å². The Balaban J connectivity index is 2.35. The predicted octanol–water partition coefficient (Wildman–Crippen LogP) is 1.24. The van der Waals surface area contributed by atoms with Crippen LogP contribution in [0.3, 0.4) is 0 Å². The third kappa shape index (κ3) is 3.54. The van der Waals surface area contributed by atoms with Gasteiger partial charge in [0.15, 0.2) is 0 Å². The lowest BCUT2D eigenvalue weighted by atomic mass is 10.4. The molecule has 0 aromatic carbocycles. The number of nitrogen functional groups attached to an aromatic ring is 1. The number of nitrogens with two attached hydrogens (primary N) is 1. The van der Waals surface area contributed by atoms with Gasteiger partial charge in [-0.05, 0) is 0 Å². The van der Waals surface area contributed by atoms with Gasteiger partial charge in [0.05, 0.1) is 0 Å². The van der Waals surface area contributed by atoms with E-state index in [1.165, 1.54) is 0 Å². The first-order valence-corrected chi connectivity index (χ1v) is 4.80. The Morgan fingerprint density at radius 1 is 1.44 bits per heavy atom. The SMILES string of the molecule is NNc1nnc(COCC(F)(F)C(F)F)s1. The standard InChI is InChI=1S/C6H8F4N4OS/c7-4(8)6(9,10)2-15-1-3-13-14-5(12-11)16-3/h4H,1-2,11H2,(H,12,14). The minimum absolute atomic E-state index is 0.262. The van der Waals surface area contributed by atoms with E-state index < -0.39 is 19.0 Å². The number of aromatic nitrogens is 2. The summed E-state index contributed by atoms with van der Waals surface area (Å²) in [6.45, 7) is -1.68. The van der Waals surface area contributed by atoms with Crippen molar-refractivity contribution in [1.29, 1.82) is 0 Å². The van der Waals surface area contributed by atoms with Crippen molar-refractivity contribution in [3.63, 3.8) is 0 Å². The van der Waals surface area contributed by atoms with Crippen molar-refractivity contribution in [2.24, 2.45) is 5.84 Å². The van der Waals surface area contributed by atoms with Crippen molar-refractivity contribution in [2.75, 3.05) is 12.0 Å². The topological polar surface area (TPSA) is 73.1 Å². The van der Waals surface area contributed by atoms with E-state index in [1.54, 1.807) is 0 Å². The molecule has 0 saturated heterocycles. The van der Waals surface area contributed by atoms with Gasteiger partial charge in [-0.1, -0.05) is 11.3 Å². The molecule has 0 spiro atoms. The first-order chi connectivity index (χ1) is 7.45. The fraction of sp³-hybridized carbons (Fsp3) is 0.667. The number of nitrogens with zero attached hydrogens (tertiary/aromatic N) is 2. The Morgan fingerprint density at radius 3 is 2.62 bits per heavy atom. The zero-order chi connectivity index (χ0) is 12.2. The van der Waals surface area contributed by atoms with Crippen LogP contribution in [0.5, 0.6) is 0 Å². The lowest BCUT2D eigenvalue weighted by molar-refractivity contribution is -0.168. The number of anilines is 1. The number of alkyl halides is 4. The van der Waals surface area contributed by atoms with Crippen LogP contribution in [-0.4, -0.2) is 29.2 Å². The minimum Gasteiger partial charge on any atom is -0.368 e. The molecule has 0 atom stereocenters. The van der Waals surface area contributed by atoms with Gasteiger partial charge in [-0.25, -0.2) is 14.6 Å². The molecule has 0 aliphatic heterocycles. The van der Waals surface area contributed by atoms with Gasteiger partial charge < -0.3 is 4.74 Å². The van der Waals surface area contributed by atoms with Gasteiger partial charge >= 0.3 is 12.3 Å². The van der Waals surface area contributed by atoms with Crippen molar-refractivity contribution < 1.29 is 22.3 Å². The Hall–Kier alpha value is -1.00. The molecule has 92 valence electrons. The van der Waals surface area contributed by atoms with E-state index in [2.05, 4.69) is 20.4 Å². The monoisotopic (exact) mass is 260 g/mol. The normalized spacial score (nSPS) is 12.1. The first-order valence-electron chi connectivity index (χ1n) is 3.98. The molecule has 16 heavy (non-hydrogen) atoms. The summed E-state index contributed by atoms with van der Waals surface area (Å²) in [4.78, 5) is 0. The second kappa shape index (κ2) is 5.37. The molecule has 0 unspecified atom stereocenters. The first kappa shape index (κ1) is 13.1. The molecule has 0 fully saturated rings. The maximum Gasteiger partial charge on any atom is 0.330 e. The molecule has 1 aromatic rings. The summed E-state index contributed by atoms with van der Waals surface area (Å²) in [5.74, 6) is 0.846. The summed E-state index contributed by atoms with van der Waals surface area (Å²) in [6, 6.07) is 0. The molecule has 5 nitrogen and oxygen atoms in total. The van der Waals surface area contributed by atoms with Crippen molar-refractivity contribution in [2.45, 2.75) is 19.0 Å². The molecule has 0 saturated carbocycles. The summed E-state index contributed by atoms with van der Waals surface area (Å²) in [6.07, 6.45) is -3.75. The highest BCUT2D eigenvalue weighted by atomic mass is 32.1.